The molecule has 0 aliphatic heterocycles. The summed E-state index contributed by atoms with van der Waals surface area (Å²) in [6.07, 6.45) is 2.61. The Morgan fingerprint density at radius 1 is 0.839 bits per heavy atom. The zero-order valence-electron chi connectivity index (χ0n) is 30.7. The Bertz CT molecular complexity index is 2210. The third-order valence-electron chi connectivity index (χ3n) is 9.16. The van der Waals surface area contributed by atoms with E-state index in [1.807, 2.05) is 83.4 Å². The van der Waals surface area contributed by atoms with E-state index < -0.39 is 22.9 Å². The van der Waals surface area contributed by atoms with E-state index in [1.165, 1.54) is 0 Å². The van der Waals surface area contributed by atoms with E-state index in [0.29, 0.717) is 35.6 Å². The van der Waals surface area contributed by atoms with Crippen LogP contribution in [0.2, 0.25) is 5.15 Å². The lowest BCUT2D eigenvalue weighted by molar-refractivity contribution is -0.763. The number of tetrazole rings is 1. The SMILES string of the molecule is CCCCc1nc(Cl)c(COC(=O)CC(Cc2ccccc2)C(=O)OCc2ccc(CO[N+](=O)[O-])cc2)n1Cc1ccc(-c2ccccc2-c2nn[nH]n2)cc1. The average molecular weight is 778 g/mol. The van der Waals surface area contributed by atoms with Crippen molar-refractivity contribution in [3.8, 4) is 22.5 Å². The van der Waals surface area contributed by atoms with Crippen molar-refractivity contribution in [1.29, 1.82) is 0 Å². The van der Waals surface area contributed by atoms with Crippen molar-refractivity contribution >= 4 is 23.5 Å². The van der Waals surface area contributed by atoms with Gasteiger partial charge in [-0.15, -0.1) is 20.3 Å². The molecule has 0 saturated carbocycles. The molecule has 15 heteroatoms. The Labute approximate surface area is 327 Å². The standard InChI is InChI=1S/C41H40ClN7O7/c1-2-3-13-37-43-39(42)36(48(37)24-29-18-20-32(21-19-29)34-11-7-8-12-35(34)40-44-46-47-45-40)27-54-38(50)23-33(22-28-9-5-4-6-10-28)41(51)55-25-30-14-16-31(17-15-30)26-56-49(52)53/h4-12,14-21,33H,2-3,13,22-27H2,1H3,(H,44,45,46,47). The molecule has 6 rings (SSSR count). The highest BCUT2D eigenvalue weighted by atomic mass is 35.5. The molecule has 0 spiro atoms. The van der Waals surface area contributed by atoms with Crippen molar-refractivity contribution in [2.75, 3.05) is 0 Å². The van der Waals surface area contributed by atoms with Gasteiger partial charge >= 0.3 is 11.9 Å². The van der Waals surface area contributed by atoms with Crippen molar-refractivity contribution in [3.05, 3.63) is 152 Å². The zero-order chi connectivity index (χ0) is 39.3. The monoisotopic (exact) mass is 777 g/mol. The topological polar surface area (TPSA) is 177 Å². The molecule has 0 radical (unpaired) electrons. The number of hydrogen-bond donors (Lipinski definition) is 1. The summed E-state index contributed by atoms with van der Waals surface area (Å²) in [5.74, 6) is -0.658. The Morgan fingerprint density at radius 3 is 2.20 bits per heavy atom. The van der Waals surface area contributed by atoms with Gasteiger partial charge in [-0.3, -0.25) is 9.59 Å². The first-order chi connectivity index (χ1) is 27.3. The second-order valence-corrected chi connectivity index (χ2v) is 13.5. The fraction of sp³-hybridized carbons (Fsp3) is 0.268. The molecule has 1 unspecified atom stereocenters. The van der Waals surface area contributed by atoms with Gasteiger partial charge in [0.1, 0.15) is 25.6 Å². The van der Waals surface area contributed by atoms with E-state index in [0.717, 1.165) is 46.5 Å². The fourth-order valence-corrected chi connectivity index (χ4v) is 6.47. The maximum absolute atomic E-state index is 13.4. The van der Waals surface area contributed by atoms with Gasteiger partial charge in [0.05, 0.1) is 18.0 Å². The molecule has 1 N–H and O–H groups in total. The number of esters is 2. The van der Waals surface area contributed by atoms with Crippen LogP contribution in [0.25, 0.3) is 22.5 Å². The number of hydrogen-bond acceptors (Lipinski definition) is 11. The lowest BCUT2D eigenvalue weighted by Gasteiger charge is -2.17. The van der Waals surface area contributed by atoms with Gasteiger partial charge in [0, 0.05) is 18.5 Å². The second kappa shape index (κ2) is 19.3. The molecule has 14 nitrogen and oxygen atoms in total. The summed E-state index contributed by atoms with van der Waals surface area (Å²) in [7, 11) is 0. The van der Waals surface area contributed by atoms with Crippen LogP contribution in [0.4, 0.5) is 0 Å². The number of aromatic amines is 1. The number of benzene rings is 4. The van der Waals surface area contributed by atoms with Crippen molar-refractivity contribution in [2.45, 2.75) is 65.4 Å². The first kappa shape index (κ1) is 39.3. The van der Waals surface area contributed by atoms with Crippen LogP contribution < -0.4 is 0 Å². The Morgan fingerprint density at radius 2 is 1.52 bits per heavy atom. The maximum Gasteiger partial charge on any atom is 0.310 e. The van der Waals surface area contributed by atoms with Gasteiger partial charge in [-0.25, -0.2) is 4.98 Å². The highest BCUT2D eigenvalue weighted by Crippen LogP contribution is 2.30. The minimum absolute atomic E-state index is 0.0445. The summed E-state index contributed by atoms with van der Waals surface area (Å²) in [6.45, 7) is 2.19. The van der Waals surface area contributed by atoms with Gasteiger partial charge in [-0.05, 0) is 51.4 Å². The molecule has 0 bridgehead atoms. The number of aromatic nitrogens is 6. The van der Waals surface area contributed by atoms with Gasteiger partial charge in [-0.2, -0.15) is 5.21 Å². The Kier molecular flexibility index (Phi) is 13.5. The van der Waals surface area contributed by atoms with E-state index in [2.05, 4.69) is 37.4 Å². The number of nitrogens with zero attached hydrogens (tertiary/aromatic N) is 6. The van der Waals surface area contributed by atoms with Crippen molar-refractivity contribution in [2.24, 2.45) is 5.92 Å². The van der Waals surface area contributed by atoms with Crippen molar-refractivity contribution in [1.82, 2.24) is 30.2 Å². The Balaban J connectivity index is 1.13. The molecule has 0 amide bonds. The van der Waals surface area contributed by atoms with Crippen LogP contribution >= 0.6 is 11.6 Å². The summed E-state index contributed by atoms with van der Waals surface area (Å²) in [4.78, 5) is 46.4. The smallest absolute Gasteiger partial charge is 0.310 e. The average Bonchev–Trinajstić information content (AvgIpc) is 3.86. The van der Waals surface area contributed by atoms with Gasteiger partial charge < -0.3 is 18.9 Å². The third kappa shape index (κ3) is 10.6. The summed E-state index contributed by atoms with van der Waals surface area (Å²) in [5.41, 5.74) is 6.50. The molecule has 0 fully saturated rings. The fourth-order valence-electron chi connectivity index (χ4n) is 6.21. The van der Waals surface area contributed by atoms with Crippen LogP contribution in [0.5, 0.6) is 0 Å². The normalized spacial score (nSPS) is 11.5. The first-order valence-corrected chi connectivity index (χ1v) is 18.5. The number of H-pyrrole nitrogens is 1. The Hall–Kier alpha value is -6.41. The molecular formula is C41H40ClN7O7. The largest absolute Gasteiger partial charge is 0.461 e. The molecule has 2 heterocycles. The van der Waals surface area contributed by atoms with Gasteiger partial charge in [0.25, 0.3) is 5.09 Å². The number of nitrogens with one attached hydrogen (secondary N) is 1. The van der Waals surface area contributed by atoms with Crippen LogP contribution in [0.1, 0.15) is 60.0 Å². The minimum Gasteiger partial charge on any atom is -0.461 e. The van der Waals surface area contributed by atoms with E-state index in [1.54, 1.807) is 24.3 Å². The summed E-state index contributed by atoms with van der Waals surface area (Å²) < 4.78 is 13.4. The number of rotatable bonds is 19. The third-order valence-corrected chi connectivity index (χ3v) is 9.46. The minimum atomic E-state index is -0.858. The number of carbonyl (C=O) groups is 2. The summed E-state index contributed by atoms with van der Waals surface area (Å²) >= 11 is 6.70. The summed E-state index contributed by atoms with van der Waals surface area (Å²) in [5, 5.41) is 24.4. The van der Waals surface area contributed by atoms with E-state index in [9.17, 15) is 19.7 Å². The zero-order valence-corrected chi connectivity index (χ0v) is 31.4. The molecule has 288 valence electrons. The second-order valence-electron chi connectivity index (χ2n) is 13.1. The van der Waals surface area contributed by atoms with Gasteiger partial charge in [-0.1, -0.05) is 128 Å². The molecular weight excluding hydrogens is 738 g/mol. The highest BCUT2D eigenvalue weighted by molar-refractivity contribution is 6.30. The number of unbranched alkanes of at least 4 members (excludes halogenated alkanes) is 1. The van der Waals surface area contributed by atoms with Gasteiger partial charge in [0.2, 0.25) is 5.82 Å². The predicted octanol–water partition coefficient (Wildman–Crippen LogP) is 7.52. The van der Waals surface area contributed by atoms with E-state index in [-0.39, 0.29) is 37.8 Å². The maximum atomic E-state index is 13.4. The molecule has 4 aromatic carbocycles. The highest BCUT2D eigenvalue weighted by Gasteiger charge is 2.26. The van der Waals surface area contributed by atoms with Crippen LogP contribution in [-0.2, 0) is 63.1 Å². The number of imidazole rings is 1. The summed E-state index contributed by atoms with van der Waals surface area (Å²) in [6, 6.07) is 32.1. The molecule has 56 heavy (non-hydrogen) atoms. The molecule has 0 aliphatic carbocycles. The number of ether oxygens (including phenoxy) is 2. The number of halogens is 1. The molecule has 0 saturated heterocycles. The van der Waals surface area contributed by atoms with E-state index >= 15 is 0 Å². The van der Waals surface area contributed by atoms with Crippen LogP contribution in [0, 0.1) is 16.0 Å². The quantitative estimate of drug-likeness (QED) is 0.0489. The number of carbonyl (C=O) groups excluding carboxylic acids is 2. The van der Waals surface area contributed by atoms with Crippen molar-refractivity contribution < 1.29 is 29.0 Å². The van der Waals surface area contributed by atoms with Crippen LogP contribution in [-0.4, -0.2) is 47.2 Å². The van der Waals surface area contributed by atoms with Crippen molar-refractivity contribution in [3.63, 3.8) is 0 Å². The molecule has 1 atom stereocenters. The molecule has 6 aromatic rings. The lowest BCUT2D eigenvalue weighted by atomic mass is 9.96. The molecule has 2 aromatic heterocycles. The number of aryl methyl sites for hydroxylation is 1. The van der Waals surface area contributed by atoms with Gasteiger partial charge in [0.15, 0.2) is 5.15 Å². The van der Waals surface area contributed by atoms with E-state index in [4.69, 9.17) is 21.1 Å². The van der Waals surface area contributed by atoms with Crippen LogP contribution in [0.15, 0.2) is 103 Å². The molecule has 0 aliphatic rings. The predicted molar refractivity (Wildman–Crippen MR) is 206 cm³/mol. The van der Waals surface area contributed by atoms with Crippen LogP contribution in [0.3, 0.4) is 0 Å². The first-order valence-electron chi connectivity index (χ1n) is 18.1. The lowest BCUT2D eigenvalue weighted by Crippen LogP contribution is -2.24.